The summed E-state index contributed by atoms with van der Waals surface area (Å²) in [5.74, 6) is 1.51. The Labute approximate surface area is 179 Å². The lowest BCUT2D eigenvalue weighted by molar-refractivity contribution is -0.120. The monoisotopic (exact) mass is 424 g/mol. The van der Waals surface area contributed by atoms with Crippen molar-refractivity contribution in [3.63, 3.8) is 0 Å². The maximum Gasteiger partial charge on any atom is 0.405 e. The molecule has 4 N–H and O–H groups in total. The van der Waals surface area contributed by atoms with Crippen molar-refractivity contribution in [1.29, 1.82) is 0 Å². The number of benzene rings is 2. The number of anilines is 3. The molecule has 0 aliphatic carbocycles. The summed E-state index contributed by atoms with van der Waals surface area (Å²) in [5, 5.41) is 17.1. The van der Waals surface area contributed by atoms with Crippen molar-refractivity contribution >= 4 is 40.4 Å². The molecular weight excluding hydrogens is 400 g/mol. The van der Waals surface area contributed by atoms with E-state index in [2.05, 4.69) is 20.6 Å². The lowest BCUT2D eigenvalue weighted by Gasteiger charge is -2.21. The van der Waals surface area contributed by atoms with Crippen molar-refractivity contribution in [1.82, 2.24) is 20.6 Å². The fourth-order valence-electron chi connectivity index (χ4n) is 2.92. The van der Waals surface area contributed by atoms with E-state index in [1.807, 2.05) is 65.8 Å². The van der Waals surface area contributed by atoms with Gasteiger partial charge in [0.15, 0.2) is 0 Å². The number of nitrogens with zero attached hydrogens (tertiary/aromatic N) is 3. The lowest BCUT2D eigenvalue weighted by atomic mass is 10.2. The topological polar surface area (TPSA) is 129 Å². The molecule has 0 saturated carbocycles. The van der Waals surface area contributed by atoms with Crippen molar-refractivity contribution < 1.29 is 19.4 Å². The van der Waals surface area contributed by atoms with E-state index in [9.17, 15) is 9.59 Å². The van der Waals surface area contributed by atoms with Crippen molar-refractivity contribution in [3.05, 3.63) is 48.5 Å². The highest BCUT2D eigenvalue weighted by Crippen LogP contribution is 2.30. The first-order valence-corrected chi connectivity index (χ1v) is 9.60. The van der Waals surface area contributed by atoms with Gasteiger partial charge in [0.2, 0.25) is 11.9 Å². The van der Waals surface area contributed by atoms with E-state index in [1.165, 1.54) is 0 Å². The molecule has 1 aromatic heterocycles. The molecule has 0 saturated heterocycles. The molecular formula is C21H24N6O4. The maximum absolute atomic E-state index is 11.6. The van der Waals surface area contributed by atoms with Crippen molar-refractivity contribution in [2.24, 2.45) is 0 Å². The number of nitrogens with one attached hydrogen (secondary N) is 3. The second-order valence-corrected chi connectivity index (χ2v) is 6.58. The second-order valence-electron chi connectivity index (χ2n) is 6.58. The molecule has 0 spiro atoms. The van der Waals surface area contributed by atoms with Crippen LogP contribution in [0, 0.1) is 0 Å². The Morgan fingerprint density at radius 1 is 1.03 bits per heavy atom. The first-order chi connectivity index (χ1) is 15.0. The SMILES string of the molecule is COc1ccc(N(C)c2nc(NCCNC(=O)CNC(=O)O)nc3ccccc23)cc1. The Hall–Kier alpha value is -4.08. The number of fused-ring (bicyclic) bond motifs is 1. The Morgan fingerprint density at radius 2 is 1.77 bits per heavy atom. The van der Waals surface area contributed by atoms with Gasteiger partial charge in [-0.1, -0.05) is 12.1 Å². The third-order valence-electron chi connectivity index (χ3n) is 4.49. The Bertz CT molecular complexity index is 1060. The number of methoxy groups -OCH3 is 1. The summed E-state index contributed by atoms with van der Waals surface area (Å²) < 4.78 is 5.23. The highest BCUT2D eigenvalue weighted by atomic mass is 16.5. The van der Waals surface area contributed by atoms with E-state index >= 15 is 0 Å². The molecule has 10 heteroatoms. The molecule has 0 fully saturated rings. The van der Waals surface area contributed by atoms with Crippen LogP contribution in [0.3, 0.4) is 0 Å². The Balaban J connectivity index is 1.73. The van der Waals surface area contributed by atoms with Crippen LogP contribution in [-0.2, 0) is 4.79 Å². The van der Waals surface area contributed by atoms with Crippen LogP contribution in [0.5, 0.6) is 5.75 Å². The number of rotatable bonds is 9. The van der Waals surface area contributed by atoms with Gasteiger partial charge in [-0.2, -0.15) is 4.98 Å². The summed E-state index contributed by atoms with van der Waals surface area (Å²) in [7, 11) is 3.55. The van der Waals surface area contributed by atoms with Crippen LogP contribution < -0.4 is 25.6 Å². The van der Waals surface area contributed by atoms with Crippen LogP contribution >= 0.6 is 0 Å². The number of para-hydroxylation sites is 1. The van der Waals surface area contributed by atoms with Crippen LogP contribution in [0.25, 0.3) is 10.9 Å². The molecule has 31 heavy (non-hydrogen) atoms. The van der Waals surface area contributed by atoms with Crippen molar-refractivity contribution in [3.8, 4) is 5.75 Å². The molecule has 0 unspecified atom stereocenters. The van der Waals surface area contributed by atoms with E-state index in [0.29, 0.717) is 19.0 Å². The Morgan fingerprint density at radius 3 is 2.48 bits per heavy atom. The number of amides is 2. The molecule has 1 heterocycles. The number of aromatic nitrogens is 2. The second kappa shape index (κ2) is 10.1. The van der Waals surface area contributed by atoms with Crippen molar-refractivity contribution in [2.45, 2.75) is 0 Å². The molecule has 162 valence electrons. The zero-order valence-electron chi connectivity index (χ0n) is 17.3. The summed E-state index contributed by atoms with van der Waals surface area (Å²) in [6, 6.07) is 15.4. The summed E-state index contributed by atoms with van der Waals surface area (Å²) in [4.78, 5) is 33.2. The zero-order valence-corrected chi connectivity index (χ0v) is 17.3. The molecule has 2 amide bonds. The number of ether oxygens (including phenoxy) is 1. The van der Waals surface area contributed by atoms with Gasteiger partial charge in [-0.05, 0) is 36.4 Å². The first-order valence-electron chi connectivity index (χ1n) is 9.60. The van der Waals surface area contributed by atoms with Gasteiger partial charge in [-0.3, -0.25) is 4.79 Å². The summed E-state index contributed by atoms with van der Waals surface area (Å²) in [6.07, 6.45) is -1.24. The van der Waals surface area contributed by atoms with Gasteiger partial charge >= 0.3 is 6.09 Å². The average Bonchev–Trinajstić information content (AvgIpc) is 2.79. The lowest BCUT2D eigenvalue weighted by Crippen LogP contribution is -2.38. The maximum atomic E-state index is 11.6. The largest absolute Gasteiger partial charge is 0.497 e. The van der Waals surface area contributed by atoms with E-state index in [0.717, 1.165) is 28.2 Å². The number of carboxylic acid groups (broad SMARTS) is 1. The first kappa shape index (κ1) is 21.6. The predicted molar refractivity (Wildman–Crippen MR) is 118 cm³/mol. The van der Waals surface area contributed by atoms with Gasteiger partial charge in [0.1, 0.15) is 11.6 Å². The van der Waals surface area contributed by atoms with Gasteiger partial charge in [0, 0.05) is 31.2 Å². The normalized spacial score (nSPS) is 10.4. The average molecular weight is 424 g/mol. The standard InChI is InChI=1S/C21H24N6O4/c1-27(14-7-9-15(31-2)10-8-14)19-16-5-3-4-6-17(16)25-20(26-19)23-12-11-22-18(28)13-24-21(29)30/h3-10,24H,11-13H2,1-2H3,(H,22,28)(H,29,30)(H,23,25,26). The highest BCUT2D eigenvalue weighted by Gasteiger charge is 2.13. The molecule has 2 aromatic carbocycles. The summed E-state index contributed by atoms with van der Waals surface area (Å²) in [6.45, 7) is 0.376. The molecule has 3 aromatic rings. The molecule has 10 nitrogen and oxygen atoms in total. The number of carbonyl (C=O) groups is 2. The molecule has 0 aliphatic rings. The quantitative estimate of drug-likeness (QED) is 0.385. The van der Waals surface area contributed by atoms with Crippen molar-refractivity contribution in [2.75, 3.05) is 44.0 Å². The molecule has 0 aliphatic heterocycles. The van der Waals surface area contributed by atoms with Gasteiger partial charge in [0.25, 0.3) is 0 Å². The van der Waals surface area contributed by atoms with Crippen LogP contribution in [-0.4, -0.2) is 60.9 Å². The predicted octanol–water partition coefficient (Wildman–Crippen LogP) is 2.20. The molecule has 0 atom stereocenters. The smallest absolute Gasteiger partial charge is 0.405 e. The van der Waals surface area contributed by atoms with Crippen LogP contribution in [0.15, 0.2) is 48.5 Å². The van der Waals surface area contributed by atoms with Gasteiger partial charge in [0.05, 0.1) is 19.2 Å². The van der Waals surface area contributed by atoms with E-state index in [1.54, 1.807) is 7.11 Å². The fraction of sp³-hybridized carbons (Fsp3) is 0.238. The van der Waals surface area contributed by atoms with E-state index < -0.39 is 12.0 Å². The van der Waals surface area contributed by atoms with E-state index in [4.69, 9.17) is 9.84 Å². The summed E-state index contributed by atoms with van der Waals surface area (Å²) in [5.41, 5.74) is 1.72. The zero-order chi connectivity index (χ0) is 22.2. The minimum Gasteiger partial charge on any atom is -0.497 e. The van der Waals surface area contributed by atoms with Crippen LogP contribution in [0.4, 0.5) is 22.2 Å². The van der Waals surface area contributed by atoms with Crippen LogP contribution in [0.2, 0.25) is 0 Å². The van der Waals surface area contributed by atoms with Crippen LogP contribution in [0.1, 0.15) is 0 Å². The minimum absolute atomic E-state index is 0.292. The number of hydrogen-bond acceptors (Lipinski definition) is 7. The third kappa shape index (κ3) is 5.72. The van der Waals surface area contributed by atoms with Gasteiger partial charge in [-0.15, -0.1) is 0 Å². The highest BCUT2D eigenvalue weighted by molar-refractivity contribution is 5.92. The van der Waals surface area contributed by atoms with Gasteiger partial charge in [-0.25, -0.2) is 9.78 Å². The molecule has 0 bridgehead atoms. The Kier molecular flexibility index (Phi) is 7.05. The fourth-order valence-corrected chi connectivity index (χ4v) is 2.92. The molecule has 3 rings (SSSR count). The van der Waals surface area contributed by atoms with E-state index in [-0.39, 0.29) is 6.54 Å². The summed E-state index contributed by atoms with van der Waals surface area (Å²) >= 11 is 0. The number of carbonyl (C=O) groups excluding carboxylic acids is 1. The number of hydrogen-bond donors (Lipinski definition) is 4. The minimum atomic E-state index is -1.24. The molecule has 0 radical (unpaired) electrons. The van der Waals surface area contributed by atoms with Gasteiger partial charge < -0.3 is 30.7 Å². The third-order valence-corrected chi connectivity index (χ3v) is 4.49.